The van der Waals surface area contributed by atoms with Gasteiger partial charge in [-0.1, -0.05) is 35.5 Å². The molecule has 0 spiro atoms. The Labute approximate surface area is 118 Å². The maximum atomic E-state index is 5.97. The van der Waals surface area contributed by atoms with E-state index in [9.17, 15) is 0 Å². The van der Waals surface area contributed by atoms with Crippen molar-refractivity contribution in [1.29, 1.82) is 0 Å². The zero-order valence-electron chi connectivity index (χ0n) is 11.5. The van der Waals surface area contributed by atoms with Gasteiger partial charge in [-0.05, 0) is 37.7 Å². The third-order valence-corrected chi connectivity index (χ3v) is 4.77. The highest BCUT2D eigenvalue weighted by Gasteiger charge is 2.50. The topological polar surface area (TPSA) is 64.9 Å². The van der Waals surface area contributed by atoms with Crippen LogP contribution >= 0.6 is 0 Å². The second-order valence-corrected chi connectivity index (χ2v) is 6.17. The molecule has 0 amide bonds. The molecule has 2 aliphatic rings. The van der Waals surface area contributed by atoms with Crippen molar-refractivity contribution >= 4 is 0 Å². The molecule has 0 saturated heterocycles. The molecule has 4 nitrogen and oxygen atoms in total. The van der Waals surface area contributed by atoms with Gasteiger partial charge in [0.15, 0.2) is 5.82 Å². The van der Waals surface area contributed by atoms with Gasteiger partial charge in [-0.25, -0.2) is 0 Å². The van der Waals surface area contributed by atoms with E-state index < -0.39 is 0 Å². The van der Waals surface area contributed by atoms with Crippen LogP contribution in [0.25, 0.3) is 0 Å². The van der Waals surface area contributed by atoms with Crippen molar-refractivity contribution in [2.75, 3.05) is 0 Å². The Morgan fingerprint density at radius 1 is 1.15 bits per heavy atom. The van der Waals surface area contributed by atoms with Gasteiger partial charge in [0, 0.05) is 12.0 Å². The van der Waals surface area contributed by atoms with Crippen molar-refractivity contribution in [2.45, 2.75) is 49.5 Å². The van der Waals surface area contributed by atoms with Crippen LogP contribution in [0.2, 0.25) is 0 Å². The highest BCUT2D eigenvalue weighted by atomic mass is 16.5. The van der Waals surface area contributed by atoms with Crippen LogP contribution < -0.4 is 5.73 Å². The first-order valence-electron chi connectivity index (χ1n) is 7.43. The molecule has 2 N–H and O–H groups in total. The quantitative estimate of drug-likeness (QED) is 0.930. The van der Waals surface area contributed by atoms with E-state index in [1.165, 1.54) is 5.56 Å². The first kappa shape index (κ1) is 12.1. The van der Waals surface area contributed by atoms with Gasteiger partial charge >= 0.3 is 0 Å². The average Bonchev–Trinajstić information content (AvgIpc) is 2.93. The molecular formula is C16H19N3O. The predicted octanol–water partition coefficient (Wildman–Crippen LogP) is 2.74. The van der Waals surface area contributed by atoms with Crippen molar-refractivity contribution in [1.82, 2.24) is 10.1 Å². The van der Waals surface area contributed by atoms with Crippen molar-refractivity contribution < 1.29 is 4.52 Å². The minimum Gasteiger partial charge on any atom is -0.339 e. The van der Waals surface area contributed by atoms with E-state index in [1.807, 2.05) is 6.07 Å². The minimum absolute atomic E-state index is 0.00370. The van der Waals surface area contributed by atoms with Crippen LogP contribution in [0.3, 0.4) is 0 Å². The summed E-state index contributed by atoms with van der Waals surface area (Å²) < 4.78 is 5.53. The summed E-state index contributed by atoms with van der Waals surface area (Å²) in [5.74, 6) is 2.01. The molecule has 0 radical (unpaired) electrons. The van der Waals surface area contributed by atoms with E-state index in [0.29, 0.717) is 12.0 Å². The lowest BCUT2D eigenvalue weighted by atomic mass is 9.95. The fraction of sp³-hybridized carbons (Fsp3) is 0.500. The number of rotatable bonds is 3. The van der Waals surface area contributed by atoms with Gasteiger partial charge < -0.3 is 10.3 Å². The van der Waals surface area contributed by atoms with Gasteiger partial charge in [-0.3, -0.25) is 0 Å². The van der Waals surface area contributed by atoms with Crippen molar-refractivity contribution in [3.63, 3.8) is 0 Å². The number of benzene rings is 1. The van der Waals surface area contributed by atoms with Crippen LogP contribution in [0.1, 0.15) is 55.3 Å². The molecule has 104 valence electrons. The predicted molar refractivity (Wildman–Crippen MR) is 75.3 cm³/mol. The Morgan fingerprint density at radius 3 is 2.60 bits per heavy atom. The molecule has 4 rings (SSSR count). The molecule has 2 atom stereocenters. The lowest BCUT2D eigenvalue weighted by Crippen LogP contribution is -2.14. The third kappa shape index (κ3) is 1.86. The van der Waals surface area contributed by atoms with E-state index in [-0.39, 0.29) is 5.41 Å². The molecule has 1 heterocycles. The van der Waals surface area contributed by atoms with E-state index >= 15 is 0 Å². The zero-order valence-corrected chi connectivity index (χ0v) is 11.5. The van der Waals surface area contributed by atoms with Crippen molar-refractivity contribution in [3.05, 3.63) is 47.6 Å². The molecule has 0 unspecified atom stereocenters. The van der Waals surface area contributed by atoms with E-state index in [1.54, 1.807) is 0 Å². The maximum Gasteiger partial charge on any atom is 0.229 e. The molecule has 2 saturated carbocycles. The number of nitrogens with zero attached hydrogens (tertiary/aromatic N) is 2. The fourth-order valence-electron chi connectivity index (χ4n) is 3.36. The number of nitrogens with two attached hydrogens (primary N) is 1. The van der Waals surface area contributed by atoms with E-state index in [2.05, 4.69) is 29.4 Å². The monoisotopic (exact) mass is 269 g/mol. The SMILES string of the molecule is N[C@H]1CC[C@@H](c2nc(C3(c4ccccc4)CC3)no2)C1. The molecule has 4 heteroatoms. The fourth-order valence-corrected chi connectivity index (χ4v) is 3.36. The summed E-state index contributed by atoms with van der Waals surface area (Å²) >= 11 is 0. The van der Waals surface area contributed by atoms with Gasteiger partial charge in [-0.2, -0.15) is 4.98 Å². The Bertz CT molecular complexity index is 603. The second kappa shape index (κ2) is 4.42. The standard InChI is InChI=1S/C16H19N3O/c17-13-7-6-11(10-13)14-18-15(19-20-14)16(8-9-16)12-4-2-1-3-5-12/h1-5,11,13H,6-10,17H2/t11-,13+/m1/s1. The smallest absolute Gasteiger partial charge is 0.229 e. The first-order valence-corrected chi connectivity index (χ1v) is 7.43. The van der Waals surface area contributed by atoms with Crippen LogP contribution in [-0.4, -0.2) is 16.2 Å². The summed E-state index contributed by atoms with van der Waals surface area (Å²) in [5, 5.41) is 4.27. The number of aromatic nitrogens is 2. The minimum atomic E-state index is 0.00370. The van der Waals surface area contributed by atoms with Crippen LogP contribution in [0.5, 0.6) is 0 Å². The molecule has 2 aliphatic carbocycles. The molecule has 2 aromatic rings. The van der Waals surface area contributed by atoms with Crippen molar-refractivity contribution in [3.8, 4) is 0 Å². The molecule has 20 heavy (non-hydrogen) atoms. The molecule has 1 aromatic carbocycles. The van der Waals surface area contributed by atoms with Crippen LogP contribution in [0, 0.1) is 0 Å². The third-order valence-electron chi connectivity index (χ3n) is 4.77. The molecular weight excluding hydrogens is 250 g/mol. The summed E-state index contributed by atoms with van der Waals surface area (Å²) in [6, 6.07) is 10.8. The van der Waals surface area contributed by atoms with Crippen molar-refractivity contribution in [2.24, 2.45) is 5.73 Å². The average molecular weight is 269 g/mol. The summed E-state index contributed by atoms with van der Waals surface area (Å²) in [6.07, 6.45) is 5.33. The van der Waals surface area contributed by atoms with Crippen LogP contribution in [0.15, 0.2) is 34.9 Å². The Hall–Kier alpha value is -1.68. The van der Waals surface area contributed by atoms with Crippen LogP contribution in [0.4, 0.5) is 0 Å². The van der Waals surface area contributed by atoms with Gasteiger partial charge in [0.1, 0.15) is 0 Å². The highest BCUT2D eigenvalue weighted by molar-refractivity contribution is 5.38. The van der Waals surface area contributed by atoms with Gasteiger partial charge in [0.2, 0.25) is 5.89 Å². The number of hydrogen-bond acceptors (Lipinski definition) is 4. The van der Waals surface area contributed by atoms with Gasteiger partial charge in [0.25, 0.3) is 0 Å². The molecule has 0 aliphatic heterocycles. The lowest BCUT2D eigenvalue weighted by molar-refractivity contribution is 0.347. The Balaban J connectivity index is 1.62. The summed E-state index contributed by atoms with van der Waals surface area (Å²) in [6.45, 7) is 0. The zero-order chi connectivity index (χ0) is 13.6. The summed E-state index contributed by atoms with van der Waals surface area (Å²) in [4.78, 5) is 4.70. The second-order valence-electron chi connectivity index (χ2n) is 6.17. The summed E-state index contributed by atoms with van der Waals surface area (Å²) in [7, 11) is 0. The number of hydrogen-bond donors (Lipinski definition) is 1. The Kier molecular flexibility index (Phi) is 2.67. The van der Waals surface area contributed by atoms with Crippen LogP contribution in [-0.2, 0) is 5.41 Å². The highest BCUT2D eigenvalue weighted by Crippen LogP contribution is 2.52. The normalized spacial score (nSPS) is 27.6. The van der Waals surface area contributed by atoms with Gasteiger partial charge in [0.05, 0.1) is 5.41 Å². The van der Waals surface area contributed by atoms with Gasteiger partial charge in [-0.15, -0.1) is 0 Å². The maximum absolute atomic E-state index is 5.97. The molecule has 2 fully saturated rings. The van der Waals surface area contributed by atoms with E-state index in [4.69, 9.17) is 15.2 Å². The first-order chi connectivity index (χ1) is 9.78. The molecule has 1 aromatic heterocycles. The largest absolute Gasteiger partial charge is 0.339 e. The Morgan fingerprint density at radius 2 is 1.95 bits per heavy atom. The van der Waals surface area contributed by atoms with E-state index in [0.717, 1.165) is 43.8 Å². The lowest BCUT2D eigenvalue weighted by Gasteiger charge is -2.10. The molecule has 0 bridgehead atoms. The summed E-state index contributed by atoms with van der Waals surface area (Å²) in [5.41, 5.74) is 7.27.